The van der Waals surface area contributed by atoms with Crippen LogP contribution in [-0.2, 0) is 4.79 Å². The lowest BCUT2D eigenvalue weighted by Crippen LogP contribution is -2.27. The summed E-state index contributed by atoms with van der Waals surface area (Å²) in [6, 6.07) is 3.04. The Labute approximate surface area is 110 Å². The molecule has 1 N–H and O–H groups in total. The topological polar surface area (TPSA) is 40.5 Å². The summed E-state index contributed by atoms with van der Waals surface area (Å²) in [5, 5.41) is 9.09. The van der Waals surface area contributed by atoms with Crippen molar-refractivity contribution >= 4 is 5.97 Å². The zero-order valence-corrected chi connectivity index (χ0v) is 10.9. The van der Waals surface area contributed by atoms with Crippen molar-refractivity contribution in [3.8, 4) is 0 Å². The first-order chi connectivity index (χ1) is 8.90. The first-order valence-corrected chi connectivity index (χ1v) is 6.32. The van der Waals surface area contributed by atoms with E-state index < -0.39 is 23.5 Å². The Morgan fingerprint density at radius 3 is 2.68 bits per heavy atom. The number of carbonyl (C=O) groups is 1. The van der Waals surface area contributed by atoms with Gasteiger partial charge in [0.1, 0.15) is 11.6 Å². The molecule has 0 aromatic heterocycles. The molecule has 1 heterocycles. The molecule has 1 aromatic carbocycles. The van der Waals surface area contributed by atoms with Crippen molar-refractivity contribution in [2.45, 2.75) is 19.9 Å². The van der Waals surface area contributed by atoms with Crippen molar-refractivity contribution in [1.29, 1.82) is 0 Å². The molecule has 1 saturated heterocycles. The van der Waals surface area contributed by atoms with Crippen molar-refractivity contribution in [3.05, 3.63) is 35.4 Å². The Balaban J connectivity index is 2.19. The number of rotatable bonds is 3. The summed E-state index contributed by atoms with van der Waals surface area (Å²) in [5.74, 6) is -2.21. The highest BCUT2D eigenvalue weighted by Gasteiger charge is 2.37. The summed E-state index contributed by atoms with van der Waals surface area (Å²) in [5.41, 5.74) is 0.276. The fourth-order valence-corrected chi connectivity index (χ4v) is 2.67. The molecule has 0 radical (unpaired) electrons. The van der Waals surface area contributed by atoms with Crippen LogP contribution in [0.3, 0.4) is 0 Å². The predicted octanol–water partition coefficient (Wildman–Crippen LogP) is 2.68. The highest BCUT2D eigenvalue weighted by Crippen LogP contribution is 2.32. The van der Waals surface area contributed by atoms with Crippen molar-refractivity contribution < 1.29 is 18.7 Å². The van der Waals surface area contributed by atoms with E-state index in [4.69, 9.17) is 5.11 Å². The third kappa shape index (κ3) is 2.76. The number of carboxylic acid groups (broad SMARTS) is 1. The molecule has 1 aliphatic rings. The Hall–Kier alpha value is -1.49. The first-order valence-electron chi connectivity index (χ1n) is 6.32. The fourth-order valence-electron chi connectivity index (χ4n) is 2.67. The number of likely N-dealkylation sites (tertiary alicyclic amines) is 1. The average Bonchev–Trinajstić information content (AvgIpc) is 2.74. The van der Waals surface area contributed by atoms with Gasteiger partial charge in [-0.2, -0.15) is 0 Å². The molecule has 1 aliphatic heterocycles. The summed E-state index contributed by atoms with van der Waals surface area (Å²) in [6.07, 6.45) is 0. The van der Waals surface area contributed by atoms with Gasteiger partial charge in [0.05, 0.1) is 5.92 Å². The second-order valence-electron chi connectivity index (χ2n) is 5.22. The second-order valence-corrected chi connectivity index (χ2v) is 5.22. The summed E-state index contributed by atoms with van der Waals surface area (Å²) in [4.78, 5) is 13.0. The van der Waals surface area contributed by atoms with Gasteiger partial charge in [-0.25, -0.2) is 8.78 Å². The van der Waals surface area contributed by atoms with E-state index in [0.717, 1.165) is 12.1 Å². The normalized spacial score (nSPS) is 25.5. The van der Waals surface area contributed by atoms with Gasteiger partial charge in [0.15, 0.2) is 0 Å². The monoisotopic (exact) mass is 269 g/mol. The maximum Gasteiger partial charge on any atom is 0.308 e. The predicted molar refractivity (Wildman–Crippen MR) is 66.6 cm³/mol. The van der Waals surface area contributed by atoms with Crippen LogP contribution in [0, 0.1) is 23.5 Å². The van der Waals surface area contributed by atoms with Gasteiger partial charge in [-0.15, -0.1) is 0 Å². The summed E-state index contributed by atoms with van der Waals surface area (Å²) in [6.45, 7) is 4.59. The molecule has 3 atom stereocenters. The molecule has 1 fully saturated rings. The maximum atomic E-state index is 13.7. The van der Waals surface area contributed by atoms with Gasteiger partial charge in [0, 0.05) is 24.7 Å². The molecule has 0 bridgehead atoms. The number of carboxylic acids is 1. The molecule has 0 saturated carbocycles. The molecule has 0 spiro atoms. The molecule has 3 nitrogen and oxygen atoms in total. The summed E-state index contributed by atoms with van der Waals surface area (Å²) in [7, 11) is 0. The minimum atomic E-state index is -0.832. The van der Waals surface area contributed by atoms with Gasteiger partial charge in [0.2, 0.25) is 0 Å². The first kappa shape index (κ1) is 13.9. The van der Waals surface area contributed by atoms with Crippen molar-refractivity contribution in [3.63, 3.8) is 0 Å². The number of hydrogen-bond acceptors (Lipinski definition) is 2. The van der Waals surface area contributed by atoms with Crippen LogP contribution in [0.5, 0.6) is 0 Å². The van der Waals surface area contributed by atoms with Gasteiger partial charge in [-0.3, -0.25) is 9.69 Å². The van der Waals surface area contributed by atoms with Gasteiger partial charge >= 0.3 is 5.97 Å². The number of hydrogen-bond donors (Lipinski definition) is 1. The quantitative estimate of drug-likeness (QED) is 0.917. The molecule has 104 valence electrons. The van der Waals surface area contributed by atoms with Crippen LogP contribution >= 0.6 is 0 Å². The highest BCUT2D eigenvalue weighted by molar-refractivity contribution is 5.71. The Kier molecular flexibility index (Phi) is 3.85. The van der Waals surface area contributed by atoms with E-state index in [1.807, 2.05) is 11.8 Å². The van der Waals surface area contributed by atoms with Crippen LogP contribution in [0.25, 0.3) is 0 Å². The van der Waals surface area contributed by atoms with Crippen LogP contribution in [0.4, 0.5) is 8.78 Å². The van der Waals surface area contributed by atoms with Gasteiger partial charge in [-0.1, -0.05) is 6.92 Å². The average molecular weight is 269 g/mol. The molecular weight excluding hydrogens is 252 g/mol. The smallest absolute Gasteiger partial charge is 0.308 e. The molecular formula is C14H17F2NO2. The highest BCUT2D eigenvalue weighted by atomic mass is 19.1. The lowest BCUT2D eigenvalue weighted by Gasteiger charge is -2.25. The SMILES string of the molecule is CC(c1cc(F)ccc1F)N1C[C@@H](C)[C@H](C(=O)O)C1. The van der Waals surface area contributed by atoms with Crippen LogP contribution < -0.4 is 0 Å². The molecule has 2 rings (SSSR count). The van der Waals surface area contributed by atoms with Crippen LogP contribution in [0.1, 0.15) is 25.5 Å². The van der Waals surface area contributed by atoms with E-state index in [9.17, 15) is 13.6 Å². The lowest BCUT2D eigenvalue weighted by atomic mass is 9.99. The molecule has 5 heteroatoms. The molecule has 0 amide bonds. The largest absolute Gasteiger partial charge is 0.481 e. The minimum absolute atomic E-state index is 0.0107. The van der Waals surface area contributed by atoms with E-state index in [1.54, 1.807) is 6.92 Å². The van der Waals surface area contributed by atoms with Crippen LogP contribution in [0.2, 0.25) is 0 Å². The molecule has 1 aromatic rings. The van der Waals surface area contributed by atoms with E-state index in [1.165, 1.54) is 6.07 Å². The number of aliphatic carboxylic acids is 1. The molecule has 0 aliphatic carbocycles. The van der Waals surface area contributed by atoms with E-state index in [0.29, 0.717) is 13.1 Å². The van der Waals surface area contributed by atoms with Crippen molar-refractivity contribution in [1.82, 2.24) is 4.90 Å². The fraction of sp³-hybridized carbons (Fsp3) is 0.500. The van der Waals surface area contributed by atoms with Crippen molar-refractivity contribution in [2.75, 3.05) is 13.1 Å². The second kappa shape index (κ2) is 5.25. The number of nitrogens with zero attached hydrogens (tertiary/aromatic N) is 1. The number of benzene rings is 1. The standard InChI is InChI=1S/C14H17F2NO2/c1-8-6-17(7-12(8)14(18)19)9(2)11-5-10(15)3-4-13(11)16/h3-5,8-9,12H,6-7H2,1-2H3,(H,18,19)/t8-,9?,12-/m1/s1. The lowest BCUT2D eigenvalue weighted by molar-refractivity contribution is -0.142. The summed E-state index contributed by atoms with van der Waals surface area (Å²) < 4.78 is 26.9. The van der Waals surface area contributed by atoms with E-state index >= 15 is 0 Å². The van der Waals surface area contributed by atoms with E-state index in [-0.39, 0.29) is 17.5 Å². The Morgan fingerprint density at radius 2 is 2.11 bits per heavy atom. The molecule has 19 heavy (non-hydrogen) atoms. The minimum Gasteiger partial charge on any atom is -0.481 e. The van der Waals surface area contributed by atoms with Gasteiger partial charge in [-0.05, 0) is 31.0 Å². The maximum absolute atomic E-state index is 13.7. The van der Waals surface area contributed by atoms with Crippen LogP contribution in [-0.4, -0.2) is 29.1 Å². The van der Waals surface area contributed by atoms with Gasteiger partial charge < -0.3 is 5.11 Å². The zero-order chi connectivity index (χ0) is 14.2. The number of halogens is 2. The zero-order valence-electron chi connectivity index (χ0n) is 10.9. The van der Waals surface area contributed by atoms with Crippen LogP contribution in [0.15, 0.2) is 18.2 Å². The third-order valence-corrected chi connectivity index (χ3v) is 3.91. The van der Waals surface area contributed by atoms with Gasteiger partial charge in [0.25, 0.3) is 0 Å². The van der Waals surface area contributed by atoms with Crippen molar-refractivity contribution in [2.24, 2.45) is 11.8 Å². The third-order valence-electron chi connectivity index (χ3n) is 3.91. The Bertz CT molecular complexity index is 492. The van der Waals surface area contributed by atoms with E-state index in [2.05, 4.69) is 0 Å². The molecule has 1 unspecified atom stereocenters. The Morgan fingerprint density at radius 1 is 1.42 bits per heavy atom. The summed E-state index contributed by atoms with van der Waals surface area (Å²) >= 11 is 0.